The van der Waals surface area contributed by atoms with Crippen LogP contribution in [-0.2, 0) is 5.91 Å². The van der Waals surface area contributed by atoms with Crippen LogP contribution in [-0.4, -0.2) is 15.1 Å². The molecule has 0 amide bonds. The molecule has 0 atom stereocenters. The van der Waals surface area contributed by atoms with Crippen LogP contribution in [0.2, 0.25) is 0 Å². The number of nitrogens with one attached hydrogen (secondary N) is 1. The molecule has 0 heterocycles. The van der Waals surface area contributed by atoms with Gasteiger partial charge in [0.15, 0.2) is 0 Å². The van der Waals surface area contributed by atoms with Crippen LogP contribution in [0.1, 0.15) is 19.4 Å². The maximum atomic E-state index is 12.8. The second-order valence-corrected chi connectivity index (χ2v) is 4.33. The van der Waals surface area contributed by atoms with E-state index in [4.69, 9.17) is 5.73 Å². The first-order valence-corrected chi connectivity index (χ1v) is 6.82. The van der Waals surface area contributed by atoms with E-state index in [0.717, 1.165) is 18.2 Å². The third-order valence-corrected chi connectivity index (χ3v) is 2.79. The smallest absolute Gasteiger partial charge is 0.294 e. The molecule has 2 aromatic rings. The molecule has 23 heavy (non-hydrogen) atoms. The molecule has 0 aromatic heterocycles. The number of nitro groups is 1. The number of nitro benzene ring substituents is 1. The molecule has 5 N–H and O–H groups in total. The fraction of sp³-hybridized carbons (Fsp3) is 0.200. The van der Waals surface area contributed by atoms with Crippen LogP contribution in [0.15, 0.2) is 42.5 Å². The number of hydrogen-bond acceptors (Lipinski definition) is 6. The standard InChI is InChI=1S/C13H12FN3O4.C2H6/c14-9-3-1-8(2-4-9)13(18,19)16-10-5-6-11(15)12(7-10)17(20)21;1-2/h1-7,16,18-19H,15H2;1-2H3. The maximum absolute atomic E-state index is 12.8. The third kappa shape index (κ3) is 4.63. The molecule has 0 aliphatic carbocycles. The van der Waals surface area contributed by atoms with E-state index in [0.29, 0.717) is 0 Å². The molecule has 0 spiro atoms. The Hall–Kier alpha value is -2.71. The summed E-state index contributed by atoms with van der Waals surface area (Å²) in [5, 5.41) is 33.0. The zero-order valence-electron chi connectivity index (χ0n) is 12.7. The van der Waals surface area contributed by atoms with Crippen LogP contribution in [0, 0.1) is 15.9 Å². The van der Waals surface area contributed by atoms with Gasteiger partial charge in [0, 0.05) is 17.3 Å². The van der Waals surface area contributed by atoms with Crippen molar-refractivity contribution < 1.29 is 19.5 Å². The van der Waals surface area contributed by atoms with Crippen LogP contribution in [0.5, 0.6) is 0 Å². The van der Waals surface area contributed by atoms with Crippen LogP contribution in [0.3, 0.4) is 0 Å². The van der Waals surface area contributed by atoms with E-state index in [9.17, 15) is 24.7 Å². The highest BCUT2D eigenvalue weighted by atomic mass is 19.1. The predicted octanol–water partition coefficient (Wildman–Crippen LogP) is 2.55. The van der Waals surface area contributed by atoms with Gasteiger partial charge in [-0.3, -0.25) is 10.1 Å². The van der Waals surface area contributed by atoms with Crippen molar-refractivity contribution in [3.8, 4) is 0 Å². The van der Waals surface area contributed by atoms with E-state index in [1.807, 2.05) is 13.8 Å². The van der Waals surface area contributed by atoms with Crippen molar-refractivity contribution in [3.05, 3.63) is 64.0 Å². The normalized spacial score (nSPS) is 10.5. The molecule has 0 aliphatic heterocycles. The van der Waals surface area contributed by atoms with Gasteiger partial charge >= 0.3 is 0 Å². The summed E-state index contributed by atoms with van der Waals surface area (Å²) in [5.41, 5.74) is 5.08. The molecule has 124 valence electrons. The minimum atomic E-state index is -2.52. The van der Waals surface area contributed by atoms with E-state index < -0.39 is 16.7 Å². The molecule has 0 unspecified atom stereocenters. The van der Waals surface area contributed by atoms with Crippen molar-refractivity contribution >= 4 is 17.1 Å². The molecular formula is C15H18FN3O4. The number of hydrogen-bond donors (Lipinski definition) is 4. The Morgan fingerprint density at radius 1 is 1.17 bits per heavy atom. The highest BCUT2D eigenvalue weighted by Crippen LogP contribution is 2.28. The lowest BCUT2D eigenvalue weighted by atomic mass is 10.1. The molecule has 8 heteroatoms. The van der Waals surface area contributed by atoms with Gasteiger partial charge in [-0.2, -0.15) is 0 Å². The topological polar surface area (TPSA) is 122 Å². The number of halogens is 1. The van der Waals surface area contributed by atoms with Crippen molar-refractivity contribution in [2.45, 2.75) is 19.8 Å². The predicted molar refractivity (Wildman–Crippen MR) is 85.0 cm³/mol. The highest BCUT2D eigenvalue weighted by Gasteiger charge is 2.26. The Kier molecular flexibility index (Phi) is 6.00. The van der Waals surface area contributed by atoms with Gasteiger partial charge in [-0.05, 0) is 36.4 Å². The second kappa shape index (κ2) is 7.52. The van der Waals surface area contributed by atoms with Gasteiger partial charge in [0.1, 0.15) is 11.5 Å². The quantitative estimate of drug-likeness (QED) is 0.297. The molecule has 0 fully saturated rings. The molecule has 0 saturated heterocycles. The largest absolute Gasteiger partial charge is 0.393 e. The van der Waals surface area contributed by atoms with Gasteiger partial charge in [-0.1, -0.05) is 13.8 Å². The van der Waals surface area contributed by atoms with Crippen LogP contribution in [0.25, 0.3) is 0 Å². The number of nitrogen functional groups attached to an aromatic ring is 1. The van der Waals surface area contributed by atoms with Crippen molar-refractivity contribution in [1.82, 2.24) is 0 Å². The Labute approximate surface area is 132 Å². The summed E-state index contributed by atoms with van der Waals surface area (Å²) in [7, 11) is 0. The van der Waals surface area contributed by atoms with Gasteiger partial charge in [-0.15, -0.1) is 0 Å². The third-order valence-electron chi connectivity index (χ3n) is 2.79. The molecule has 2 rings (SSSR count). The summed E-state index contributed by atoms with van der Waals surface area (Å²) in [5.74, 6) is -3.05. The summed E-state index contributed by atoms with van der Waals surface area (Å²) < 4.78 is 12.8. The fourth-order valence-corrected chi connectivity index (χ4v) is 1.74. The van der Waals surface area contributed by atoms with Crippen LogP contribution in [0.4, 0.5) is 21.5 Å². The van der Waals surface area contributed by atoms with Crippen molar-refractivity contribution in [2.75, 3.05) is 11.1 Å². The first kappa shape index (κ1) is 18.3. The van der Waals surface area contributed by atoms with Gasteiger partial charge in [-0.25, -0.2) is 4.39 Å². The van der Waals surface area contributed by atoms with E-state index in [-0.39, 0.29) is 22.6 Å². The fourth-order valence-electron chi connectivity index (χ4n) is 1.74. The Bertz CT molecular complexity index is 675. The Morgan fingerprint density at radius 2 is 1.74 bits per heavy atom. The average Bonchev–Trinajstić information content (AvgIpc) is 2.51. The monoisotopic (exact) mass is 323 g/mol. The van der Waals surface area contributed by atoms with Crippen LogP contribution < -0.4 is 11.1 Å². The summed E-state index contributed by atoms with van der Waals surface area (Å²) in [6.07, 6.45) is 0. The van der Waals surface area contributed by atoms with Crippen molar-refractivity contribution in [3.63, 3.8) is 0 Å². The number of benzene rings is 2. The molecule has 2 aromatic carbocycles. The number of anilines is 2. The van der Waals surface area contributed by atoms with E-state index in [1.54, 1.807) is 0 Å². The number of nitrogens with two attached hydrogens (primary N) is 1. The molecular weight excluding hydrogens is 305 g/mol. The highest BCUT2D eigenvalue weighted by molar-refractivity contribution is 5.65. The van der Waals surface area contributed by atoms with Gasteiger partial charge < -0.3 is 21.3 Å². The lowest BCUT2D eigenvalue weighted by Crippen LogP contribution is -2.34. The summed E-state index contributed by atoms with van der Waals surface area (Å²) >= 11 is 0. The molecule has 7 nitrogen and oxygen atoms in total. The van der Waals surface area contributed by atoms with Crippen molar-refractivity contribution in [2.24, 2.45) is 0 Å². The average molecular weight is 323 g/mol. The minimum Gasteiger partial charge on any atom is -0.393 e. The zero-order chi connectivity index (χ0) is 17.6. The SMILES string of the molecule is CC.Nc1ccc(NC(O)(O)c2ccc(F)cc2)cc1[N+](=O)[O-]. The lowest BCUT2D eigenvalue weighted by Gasteiger charge is -2.24. The van der Waals surface area contributed by atoms with Crippen LogP contribution >= 0.6 is 0 Å². The lowest BCUT2D eigenvalue weighted by molar-refractivity contribution is -0.383. The maximum Gasteiger partial charge on any atom is 0.294 e. The first-order valence-electron chi connectivity index (χ1n) is 6.82. The molecule has 0 aliphatic rings. The minimum absolute atomic E-state index is 0.0246. The van der Waals surface area contributed by atoms with Gasteiger partial charge in [0.2, 0.25) is 0 Å². The van der Waals surface area contributed by atoms with Crippen molar-refractivity contribution in [1.29, 1.82) is 0 Å². The number of rotatable bonds is 4. The zero-order valence-corrected chi connectivity index (χ0v) is 12.7. The first-order chi connectivity index (χ1) is 10.8. The molecule has 0 radical (unpaired) electrons. The Morgan fingerprint density at radius 3 is 2.26 bits per heavy atom. The number of aliphatic hydroxyl groups is 2. The van der Waals surface area contributed by atoms with E-state index in [2.05, 4.69) is 5.32 Å². The summed E-state index contributed by atoms with van der Waals surface area (Å²) in [6.45, 7) is 4.00. The van der Waals surface area contributed by atoms with Gasteiger partial charge in [0.25, 0.3) is 11.6 Å². The van der Waals surface area contributed by atoms with Gasteiger partial charge in [0.05, 0.1) is 4.92 Å². The van der Waals surface area contributed by atoms with E-state index in [1.165, 1.54) is 24.3 Å². The summed E-state index contributed by atoms with van der Waals surface area (Å²) in [4.78, 5) is 10.1. The molecule has 0 bridgehead atoms. The second-order valence-electron chi connectivity index (χ2n) is 4.33. The molecule has 0 saturated carbocycles. The summed E-state index contributed by atoms with van der Waals surface area (Å²) in [6, 6.07) is 8.16. The number of nitrogens with zero attached hydrogens (tertiary/aromatic N) is 1. The Balaban J connectivity index is 0.00000127. The van der Waals surface area contributed by atoms with E-state index >= 15 is 0 Å².